The van der Waals surface area contributed by atoms with Crippen molar-refractivity contribution in [2.75, 3.05) is 32.8 Å². The monoisotopic (exact) mass is 507 g/mol. The lowest BCUT2D eigenvalue weighted by Gasteiger charge is -2.35. The maximum absolute atomic E-state index is 13.1. The molecule has 4 rings (SSSR count). The summed E-state index contributed by atoms with van der Waals surface area (Å²) in [5.74, 6) is -0.954. The Balaban J connectivity index is 1.38. The minimum atomic E-state index is -0.812. The van der Waals surface area contributed by atoms with Gasteiger partial charge in [0.25, 0.3) is 23.6 Å². The summed E-state index contributed by atoms with van der Waals surface area (Å²) in [6.45, 7) is 8.56. The molecule has 0 radical (unpaired) electrons. The van der Waals surface area contributed by atoms with Gasteiger partial charge in [-0.2, -0.15) is 0 Å². The van der Waals surface area contributed by atoms with E-state index in [0.29, 0.717) is 42.9 Å². The Morgan fingerprint density at radius 2 is 1.30 bits per heavy atom. The van der Waals surface area contributed by atoms with Gasteiger partial charge in [0, 0.05) is 42.8 Å². The van der Waals surface area contributed by atoms with E-state index in [1.54, 1.807) is 55.7 Å². The van der Waals surface area contributed by atoms with Gasteiger partial charge in [-0.1, -0.05) is 0 Å². The molecular weight excluding hydrogens is 478 g/mol. The van der Waals surface area contributed by atoms with Gasteiger partial charge in [0.2, 0.25) is 0 Å². The van der Waals surface area contributed by atoms with E-state index in [4.69, 9.17) is 9.47 Å². The van der Waals surface area contributed by atoms with Crippen LogP contribution < -0.4 is 4.74 Å². The third-order valence-electron chi connectivity index (χ3n) is 6.22. The summed E-state index contributed by atoms with van der Waals surface area (Å²) in [6.07, 6.45) is -0.812. The number of hydrogen-bond donors (Lipinski definition) is 0. The second kappa shape index (κ2) is 10.0. The molecule has 4 amide bonds. The van der Waals surface area contributed by atoms with Crippen molar-refractivity contribution in [3.63, 3.8) is 0 Å². The Morgan fingerprint density at radius 3 is 1.84 bits per heavy atom. The molecule has 2 heterocycles. The van der Waals surface area contributed by atoms with E-state index in [2.05, 4.69) is 0 Å². The van der Waals surface area contributed by atoms with Gasteiger partial charge in [-0.05, 0) is 70.2 Å². The first-order valence-corrected chi connectivity index (χ1v) is 12.1. The zero-order valence-electron chi connectivity index (χ0n) is 21.3. The first kappa shape index (κ1) is 25.9. The molecule has 0 aliphatic carbocycles. The summed E-state index contributed by atoms with van der Waals surface area (Å²) in [5, 5.41) is 0. The fraction of sp³-hybridized carbons (Fsp3) is 0.370. The molecule has 37 heavy (non-hydrogen) atoms. The number of ether oxygens (including phenoxy) is 2. The number of hydrogen-bond acceptors (Lipinski definition) is 7. The summed E-state index contributed by atoms with van der Waals surface area (Å²) >= 11 is 0. The van der Waals surface area contributed by atoms with Crippen molar-refractivity contribution in [3.8, 4) is 5.75 Å². The normalized spacial score (nSPS) is 15.5. The first-order chi connectivity index (χ1) is 17.5. The molecule has 2 aromatic rings. The topological polar surface area (TPSA) is 114 Å². The average Bonchev–Trinajstić information content (AvgIpc) is 3.13. The molecule has 2 aromatic carbocycles. The van der Waals surface area contributed by atoms with E-state index < -0.39 is 17.6 Å². The van der Waals surface area contributed by atoms with Gasteiger partial charge in [0.15, 0.2) is 0 Å². The molecule has 2 aliphatic heterocycles. The van der Waals surface area contributed by atoms with Crippen LogP contribution >= 0.6 is 0 Å². The lowest BCUT2D eigenvalue weighted by molar-refractivity contribution is 0.0506. The molecule has 1 saturated heterocycles. The SMILES string of the molecule is CCOC(=O)Oc1ccc(C(=O)N2CCN(C(=O)c3ccc4c(c3)C(=O)N(C(C)(C)C)C4=O)CC2)cc1. The average molecular weight is 508 g/mol. The summed E-state index contributed by atoms with van der Waals surface area (Å²) in [4.78, 5) is 67.5. The van der Waals surface area contributed by atoms with Crippen LogP contribution in [0, 0.1) is 0 Å². The van der Waals surface area contributed by atoms with Crippen LogP contribution in [0.25, 0.3) is 0 Å². The van der Waals surface area contributed by atoms with Gasteiger partial charge in [0.05, 0.1) is 17.7 Å². The standard InChI is InChI=1S/C27H29N3O7/c1-5-36-26(35)37-19-9-6-17(7-10-19)22(31)28-12-14-29(15-13-28)23(32)18-8-11-20-21(16-18)25(34)30(24(20)33)27(2,3)4/h6-11,16H,5,12-15H2,1-4H3. The third-order valence-corrected chi connectivity index (χ3v) is 6.22. The minimum Gasteiger partial charge on any atom is -0.434 e. The smallest absolute Gasteiger partial charge is 0.434 e. The molecule has 0 N–H and O–H groups in total. The molecule has 0 unspecified atom stereocenters. The molecule has 0 saturated carbocycles. The number of nitrogens with zero attached hydrogens (tertiary/aromatic N) is 3. The Kier molecular flexibility index (Phi) is 7.02. The fourth-order valence-electron chi connectivity index (χ4n) is 4.37. The second-order valence-electron chi connectivity index (χ2n) is 9.77. The van der Waals surface area contributed by atoms with Crippen LogP contribution in [0.15, 0.2) is 42.5 Å². The molecular formula is C27H29N3O7. The molecule has 1 fully saturated rings. The Hall–Kier alpha value is -4.21. The van der Waals surface area contributed by atoms with Crippen LogP contribution in [-0.4, -0.2) is 82.8 Å². The van der Waals surface area contributed by atoms with Gasteiger partial charge in [0.1, 0.15) is 5.75 Å². The number of piperazine rings is 1. The van der Waals surface area contributed by atoms with Crippen LogP contribution in [-0.2, 0) is 4.74 Å². The highest BCUT2D eigenvalue weighted by Crippen LogP contribution is 2.30. The van der Waals surface area contributed by atoms with Crippen molar-refractivity contribution in [3.05, 3.63) is 64.7 Å². The first-order valence-electron chi connectivity index (χ1n) is 12.1. The molecule has 194 valence electrons. The van der Waals surface area contributed by atoms with Crippen LogP contribution in [0.1, 0.15) is 69.1 Å². The molecule has 0 bridgehead atoms. The summed E-state index contributed by atoms with van der Waals surface area (Å²) in [5.41, 5.74) is 0.614. The van der Waals surface area contributed by atoms with Gasteiger partial charge in [-0.15, -0.1) is 0 Å². The highest BCUT2D eigenvalue weighted by molar-refractivity contribution is 6.22. The molecule has 0 spiro atoms. The number of carbonyl (C=O) groups is 5. The highest BCUT2D eigenvalue weighted by atomic mass is 16.7. The predicted octanol–water partition coefficient (Wildman–Crippen LogP) is 3.21. The Labute approximate surface area is 214 Å². The van der Waals surface area contributed by atoms with E-state index in [1.165, 1.54) is 29.2 Å². The number of rotatable bonds is 4. The van der Waals surface area contributed by atoms with Crippen LogP contribution in [0.4, 0.5) is 4.79 Å². The van der Waals surface area contributed by atoms with Crippen molar-refractivity contribution in [1.29, 1.82) is 0 Å². The lowest BCUT2D eigenvalue weighted by Crippen LogP contribution is -2.50. The summed E-state index contributed by atoms with van der Waals surface area (Å²) in [6, 6.07) is 10.8. The predicted molar refractivity (Wildman–Crippen MR) is 133 cm³/mol. The van der Waals surface area contributed by atoms with E-state index in [-0.39, 0.29) is 35.6 Å². The van der Waals surface area contributed by atoms with Gasteiger partial charge < -0.3 is 19.3 Å². The van der Waals surface area contributed by atoms with Gasteiger partial charge in [-0.25, -0.2) is 4.79 Å². The van der Waals surface area contributed by atoms with E-state index in [1.807, 2.05) is 0 Å². The zero-order valence-corrected chi connectivity index (χ0v) is 21.3. The lowest BCUT2D eigenvalue weighted by atomic mass is 10.0. The molecule has 2 aliphatic rings. The maximum Gasteiger partial charge on any atom is 0.513 e. The second-order valence-corrected chi connectivity index (χ2v) is 9.77. The van der Waals surface area contributed by atoms with Gasteiger partial charge in [-0.3, -0.25) is 24.1 Å². The minimum absolute atomic E-state index is 0.196. The van der Waals surface area contributed by atoms with Crippen molar-refractivity contribution in [2.45, 2.75) is 33.2 Å². The van der Waals surface area contributed by atoms with E-state index in [9.17, 15) is 24.0 Å². The number of benzene rings is 2. The molecule has 10 nitrogen and oxygen atoms in total. The summed E-state index contributed by atoms with van der Waals surface area (Å²) < 4.78 is 9.74. The zero-order chi connectivity index (χ0) is 26.9. The van der Waals surface area contributed by atoms with Crippen molar-refractivity contribution >= 4 is 29.8 Å². The molecule has 0 aromatic heterocycles. The van der Waals surface area contributed by atoms with Crippen LogP contribution in [0.5, 0.6) is 5.75 Å². The number of amides is 4. The molecule has 0 atom stereocenters. The van der Waals surface area contributed by atoms with Gasteiger partial charge >= 0.3 is 6.16 Å². The van der Waals surface area contributed by atoms with Crippen LogP contribution in [0.3, 0.4) is 0 Å². The van der Waals surface area contributed by atoms with Crippen molar-refractivity contribution < 1.29 is 33.4 Å². The quantitative estimate of drug-likeness (QED) is 0.355. The Morgan fingerprint density at radius 1 is 0.784 bits per heavy atom. The fourth-order valence-corrected chi connectivity index (χ4v) is 4.37. The number of carbonyl (C=O) groups excluding carboxylic acids is 5. The maximum atomic E-state index is 13.1. The number of imide groups is 1. The van der Waals surface area contributed by atoms with Crippen LogP contribution in [0.2, 0.25) is 0 Å². The van der Waals surface area contributed by atoms with E-state index >= 15 is 0 Å². The van der Waals surface area contributed by atoms with Crippen molar-refractivity contribution in [1.82, 2.24) is 14.7 Å². The third kappa shape index (κ3) is 5.18. The summed E-state index contributed by atoms with van der Waals surface area (Å²) in [7, 11) is 0. The number of fused-ring (bicyclic) bond motifs is 1. The Bertz CT molecular complexity index is 1260. The highest BCUT2D eigenvalue weighted by Gasteiger charge is 2.42. The largest absolute Gasteiger partial charge is 0.513 e. The van der Waals surface area contributed by atoms with Crippen molar-refractivity contribution in [2.24, 2.45) is 0 Å². The van der Waals surface area contributed by atoms with E-state index in [0.717, 1.165) is 0 Å². The molecule has 10 heteroatoms.